The van der Waals surface area contributed by atoms with Crippen LogP contribution in [0.3, 0.4) is 0 Å². The molecule has 0 spiro atoms. The average molecular weight is 237 g/mol. The lowest BCUT2D eigenvalue weighted by molar-refractivity contribution is 0.0950. The normalized spacial score (nSPS) is 24.3. The van der Waals surface area contributed by atoms with Gasteiger partial charge in [-0.3, -0.25) is 9.78 Å². The number of nitrogens with one attached hydrogen (secondary N) is 2. The SMILES string of the molecule is O=C(NCC1NCCC1S)c1cccnc1. The van der Waals surface area contributed by atoms with Crippen LogP contribution < -0.4 is 10.6 Å². The maximum Gasteiger partial charge on any atom is 0.252 e. The molecule has 5 heteroatoms. The third-order valence-electron chi connectivity index (χ3n) is 2.72. The zero-order valence-corrected chi connectivity index (χ0v) is 9.78. The van der Waals surface area contributed by atoms with Gasteiger partial charge >= 0.3 is 0 Å². The average Bonchev–Trinajstić information content (AvgIpc) is 2.73. The second-order valence-electron chi connectivity index (χ2n) is 3.87. The van der Waals surface area contributed by atoms with Crippen LogP contribution in [-0.4, -0.2) is 35.3 Å². The first-order chi connectivity index (χ1) is 7.77. The molecule has 2 N–H and O–H groups in total. The Balaban J connectivity index is 1.84. The van der Waals surface area contributed by atoms with Gasteiger partial charge in [-0.1, -0.05) is 0 Å². The highest BCUT2D eigenvalue weighted by Crippen LogP contribution is 2.12. The standard InChI is InChI=1S/C11H15N3OS/c15-11(8-2-1-4-12-6-8)14-7-9-10(16)3-5-13-9/h1-2,4,6,9-10,13,16H,3,5,7H2,(H,14,15). The third kappa shape index (κ3) is 2.74. The van der Waals surface area contributed by atoms with E-state index in [1.165, 1.54) is 0 Å². The molecule has 2 unspecified atom stereocenters. The Bertz CT molecular complexity index is 358. The van der Waals surface area contributed by atoms with Gasteiger partial charge in [-0.15, -0.1) is 0 Å². The lowest BCUT2D eigenvalue weighted by Crippen LogP contribution is -2.40. The van der Waals surface area contributed by atoms with Gasteiger partial charge < -0.3 is 10.6 Å². The number of pyridine rings is 1. The van der Waals surface area contributed by atoms with Crippen molar-refractivity contribution in [3.8, 4) is 0 Å². The summed E-state index contributed by atoms with van der Waals surface area (Å²) in [7, 11) is 0. The molecule has 16 heavy (non-hydrogen) atoms. The van der Waals surface area contributed by atoms with Crippen molar-refractivity contribution in [1.29, 1.82) is 0 Å². The number of rotatable bonds is 3. The fraction of sp³-hybridized carbons (Fsp3) is 0.455. The van der Waals surface area contributed by atoms with Gasteiger partial charge in [-0.25, -0.2) is 0 Å². The Morgan fingerprint density at radius 3 is 3.19 bits per heavy atom. The van der Waals surface area contributed by atoms with Gasteiger partial charge in [0.15, 0.2) is 0 Å². The van der Waals surface area contributed by atoms with Crippen LogP contribution in [0.4, 0.5) is 0 Å². The van der Waals surface area contributed by atoms with Crippen LogP contribution in [-0.2, 0) is 0 Å². The molecule has 86 valence electrons. The minimum absolute atomic E-state index is 0.0812. The maximum absolute atomic E-state index is 11.7. The van der Waals surface area contributed by atoms with Crippen LogP contribution >= 0.6 is 12.6 Å². The predicted molar refractivity (Wildman–Crippen MR) is 65.8 cm³/mol. The number of aromatic nitrogens is 1. The first-order valence-corrected chi connectivity index (χ1v) is 5.88. The van der Waals surface area contributed by atoms with E-state index in [4.69, 9.17) is 0 Å². The van der Waals surface area contributed by atoms with Gasteiger partial charge in [0.05, 0.1) is 5.56 Å². The van der Waals surface area contributed by atoms with E-state index in [1.54, 1.807) is 24.5 Å². The molecule has 1 saturated heterocycles. The van der Waals surface area contributed by atoms with Gasteiger partial charge in [0.1, 0.15) is 0 Å². The second-order valence-corrected chi connectivity index (χ2v) is 4.53. The van der Waals surface area contributed by atoms with Crippen molar-refractivity contribution < 1.29 is 4.79 Å². The number of thiol groups is 1. The molecule has 0 saturated carbocycles. The molecule has 0 aromatic carbocycles. The van der Waals surface area contributed by atoms with Crippen LogP contribution in [0.15, 0.2) is 24.5 Å². The molecule has 1 amide bonds. The van der Waals surface area contributed by atoms with E-state index in [0.717, 1.165) is 13.0 Å². The summed E-state index contributed by atoms with van der Waals surface area (Å²) in [6, 6.07) is 3.77. The monoisotopic (exact) mass is 237 g/mol. The van der Waals surface area contributed by atoms with Crippen molar-refractivity contribution in [3.05, 3.63) is 30.1 Å². The summed E-state index contributed by atoms with van der Waals surface area (Å²) in [6.45, 7) is 1.59. The molecule has 0 aliphatic carbocycles. The molecule has 2 heterocycles. The molecule has 2 atom stereocenters. The molecular weight excluding hydrogens is 222 g/mol. The molecule has 1 aliphatic rings. The molecule has 1 aromatic heterocycles. The summed E-state index contributed by atoms with van der Waals surface area (Å²) in [5, 5.41) is 6.52. The van der Waals surface area contributed by atoms with E-state index in [0.29, 0.717) is 17.4 Å². The van der Waals surface area contributed by atoms with E-state index in [1.807, 2.05) is 0 Å². The molecule has 1 fully saturated rings. The molecule has 0 bridgehead atoms. The minimum atomic E-state index is -0.0812. The fourth-order valence-electron chi connectivity index (χ4n) is 1.76. The summed E-state index contributed by atoms with van der Waals surface area (Å²) in [5.41, 5.74) is 0.594. The van der Waals surface area contributed by atoms with Crippen molar-refractivity contribution in [2.75, 3.05) is 13.1 Å². The topological polar surface area (TPSA) is 54.0 Å². The Kier molecular flexibility index (Phi) is 3.79. The number of nitrogens with zero attached hydrogens (tertiary/aromatic N) is 1. The zero-order chi connectivity index (χ0) is 11.4. The highest BCUT2D eigenvalue weighted by molar-refractivity contribution is 7.81. The quantitative estimate of drug-likeness (QED) is 0.670. The van der Waals surface area contributed by atoms with E-state index >= 15 is 0 Å². The predicted octanol–water partition coefficient (Wildman–Crippen LogP) is 0.472. The molecular formula is C11H15N3OS. The molecule has 0 radical (unpaired) electrons. The number of hydrogen-bond donors (Lipinski definition) is 3. The smallest absolute Gasteiger partial charge is 0.252 e. The summed E-state index contributed by atoms with van der Waals surface area (Å²) < 4.78 is 0. The van der Waals surface area contributed by atoms with E-state index in [2.05, 4.69) is 28.2 Å². The first-order valence-electron chi connectivity index (χ1n) is 5.37. The molecule has 1 aromatic rings. The Labute approximate surface area is 100 Å². The third-order valence-corrected chi connectivity index (χ3v) is 3.34. The number of hydrogen-bond acceptors (Lipinski definition) is 4. The van der Waals surface area contributed by atoms with E-state index < -0.39 is 0 Å². The summed E-state index contributed by atoms with van der Waals surface area (Å²) in [5.74, 6) is -0.0812. The van der Waals surface area contributed by atoms with Gasteiger partial charge in [0.25, 0.3) is 5.91 Å². The fourth-order valence-corrected chi connectivity index (χ4v) is 2.10. The van der Waals surface area contributed by atoms with Crippen molar-refractivity contribution >= 4 is 18.5 Å². The Morgan fingerprint density at radius 2 is 2.56 bits per heavy atom. The first kappa shape index (κ1) is 11.4. The van der Waals surface area contributed by atoms with Crippen molar-refractivity contribution in [3.63, 3.8) is 0 Å². The molecule has 1 aliphatic heterocycles. The van der Waals surface area contributed by atoms with Crippen LogP contribution in [0.2, 0.25) is 0 Å². The van der Waals surface area contributed by atoms with Gasteiger partial charge in [-0.2, -0.15) is 12.6 Å². The van der Waals surface area contributed by atoms with Crippen LogP contribution in [0.1, 0.15) is 16.8 Å². The lowest BCUT2D eigenvalue weighted by atomic mass is 10.2. The van der Waals surface area contributed by atoms with Gasteiger partial charge in [0, 0.05) is 30.2 Å². The Hall–Kier alpha value is -1.07. The number of carbonyl (C=O) groups excluding carboxylic acids is 1. The minimum Gasteiger partial charge on any atom is -0.350 e. The number of carbonyl (C=O) groups is 1. The van der Waals surface area contributed by atoms with Crippen LogP contribution in [0, 0.1) is 0 Å². The van der Waals surface area contributed by atoms with Crippen molar-refractivity contribution in [1.82, 2.24) is 15.6 Å². The number of amides is 1. The zero-order valence-electron chi connectivity index (χ0n) is 8.89. The highest BCUT2D eigenvalue weighted by atomic mass is 32.1. The van der Waals surface area contributed by atoms with Gasteiger partial charge in [-0.05, 0) is 25.1 Å². The second kappa shape index (κ2) is 5.32. The maximum atomic E-state index is 11.7. The molecule has 2 rings (SSSR count). The van der Waals surface area contributed by atoms with Crippen LogP contribution in [0.25, 0.3) is 0 Å². The van der Waals surface area contributed by atoms with E-state index in [-0.39, 0.29) is 11.9 Å². The van der Waals surface area contributed by atoms with E-state index in [9.17, 15) is 4.79 Å². The highest BCUT2D eigenvalue weighted by Gasteiger charge is 2.23. The lowest BCUT2D eigenvalue weighted by Gasteiger charge is -2.15. The largest absolute Gasteiger partial charge is 0.350 e. The summed E-state index contributed by atoms with van der Waals surface area (Å²) in [6.07, 6.45) is 4.27. The molecule has 4 nitrogen and oxygen atoms in total. The Morgan fingerprint density at radius 1 is 1.69 bits per heavy atom. The van der Waals surface area contributed by atoms with Crippen molar-refractivity contribution in [2.24, 2.45) is 0 Å². The van der Waals surface area contributed by atoms with Crippen LogP contribution in [0.5, 0.6) is 0 Å². The summed E-state index contributed by atoms with van der Waals surface area (Å²) >= 11 is 4.45. The van der Waals surface area contributed by atoms with Gasteiger partial charge in [0.2, 0.25) is 0 Å². The van der Waals surface area contributed by atoms with Crippen molar-refractivity contribution in [2.45, 2.75) is 17.7 Å². The summed E-state index contributed by atoms with van der Waals surface area (Å²) in [4.78, 5) is 15.6.